The van der Waals surface area contributed by atoms with Crippen molar-refractivity contribution in [3.63, 3.8) is 0 Å². The zero-order valence-corrected chi connectivity index (χ0v) is 15.8. The van der Waals surface area contributed by atoms with Crippen molar-refractivity contribution in [3.05, 3.63) is 35.4 Å². The molecule has 2 heteroatoms. The van der Waals surface area contributed by atoms with Gasteiger partial charge < -0.3 is 4.43 Å². The predicted octanol–water partition coefficient (Wildman–Crippen LogP) is 6.11. The summed E-state index contributed by atoms with van der Waals surface area (Å²) in [6.45, 7) is 16.6. The molecule has 2 atom stereocenters. The van der Waals surface area contributed by atoms with Gasteiger partial charge in [-0.2, -0.15) is 0 Å². The van der Waals surface area contributed by atoms with Gasteiger partial charge in [0.25, 0.3) is 0 Å². The summed E-state index contributed by atoms with van der Waals surface area (Å²) in [6, 6.07) is 8.88. The second kappa shape index (κ2) is 6.25. The van der Waals surface area contributed by atoms with Crippen LogP contribution in [0.4, 0.5) is 0 Å². The quantitative estimate of drug-likeness (QED) is 0.596. The maximum atomic E-state index is 7.06. The van der Waals surface area contributed by atoms with Crippen LogP contribution < -0.4 is 0 Å². The third kappa shape index (κ3) is 2.85. The van der Waals surface area contributed by atoms with E-state index in [0.29, 0.717) is 28.6 Å². The molecule has 0 saturated heterocycles. The normalized spacial score (nSPS) is 22.4. The Balaban J connectivity index is 2.38. The second-order valence-electron chi connectivity index (χ2n) is 7.74. The fourth-order valence-electron chi connectivity index (χ4n) is 4.57. The summed E-state index contributed by atoms with van der Waals surface area (Å²) in [7, 11) is -1.80. The summed E-state index contributed by atoms with van der Waals surface area (Å²) in [6.07, 6.45) is 1.47. The molecule has 2 rings (SSSR count). The average molecular weight is 305 g/mol. The highest BCUT2D eigenvalue weighted by atomic mass is 28.4. The Morgan fingerprint density at radius 1 is 0.952 bits per heavy atom. The zero-order valence-electron chi connectivity index (χ0n) is 14.8. The average Bonchev–Trinajstić information content (AvgIpc) is 2.70. The van der Waals surface area contributed by atoms with Crippen LogP contribution >= 0.6 is 0 Å². The number of fused-ring (bicyclic) bond motifs is 1. The second-order valence-corrected chi connectivity index (χ2v) is 13.1. The van der Waals surface area contributed by atoms with Gasteiger partial charge in [-0.05, 0) is 40.1 Å². The molecule has 0 aromatic heterocycles. The maximum absolute atomic E-state index is 7.06. The lowest BCUT2D eigenvalue weighted by atomic mass is 10.1. The van der Waals surface area contributed by atoms with Gasteiger partial charge in [-0.25, -0.2) is 0 Å². The molecular weight excluding hydrogens is 272 g/mol. The monoisotopic (exact) mass is 304 g/mol. The van der Waals surface area contributed by atoms with E-state index in [1.165, 1.54) is 17.5 Å². The molecule has 0 fully saturated rings. The van der Waals surface area contributed by atoms with Gasteiger partial charge in [-0.1, -0.05) is 72.7 Å². The van der Waals surface area contributed by atoms with Crippen LogP contribution in [0.2, 0.25) is 16.6 Å². The third-order valence-corrected chi connectivity index (χ3v) is 11.5. The predicted molar refractivity (Wildman–Crippen MR) is 94.2 cm³/mol. The first-order valence-corrected chi connectivity index (χ1v) is 10.7. The first-order chi connectivity index (χ1) is 9.80. The van der Waals surface area contributed by atoms with Crippen molar-refractivity contribution >= 4 is 8.32 Å². The largest absolute Gasteiger partial charge is 0.409 e. The van der Waals surface area contributed by atoms with E-state index < -0.39 is 8.32 Å². The molecule has 0 N–H and O–H groups in total. The van der Waals surface area contributed by atoms with Crippen LogP contribution in [0.15, 0.2) is 24.3 Å². The van der Waals surface area contributed by atoms with Crippen LogP contribution in [0.1, 0.15) is 65.7 Å². The molecule has 1 aromatic rings. The molecule has 0 amide bonds. The Hall–Kier alpha value is -0.603. The van der Waals surface area contributed by atoms with E-state index >= 15 is 0 Å². The van der Waals surface area contributed by atoms with E-state index in [4.69, 9.17) is 4.43 Å². The first-order valence-electron chi connectivity index (χ1n) is 8.56. The Morgan fingerprint density at radius 3 is 2.00 bits per heavy atom. The molecule has 0 radical (unpaired) electrons. The molecule has 0 aliphatic heterocycles. The molecule has 0 spiro atoms. The standard InChI is InChI=1S/C19H32OSi/c1-13(2)21(14(3)4,15(5)6)20-19-16(7)12-17-10-8-9-11-18(17)19/h8-11,13-16,19H,12H2,1-7H3/t16-,19+/m1/s1. The van der Waals surface area contributed by atoms with Gasteiger partial charge in [-0.15, -0.1) is 0 Å². The van der Waals surface area contributed by atoms with E-state index in [0.717, 1.165) is 0 Å². The number of hydrogen-bond acceptors (Lipinski definition) is 1. The maximum Gasteiger partial charge on any atom is 0.201 e. The molecule has 1 aliphatic carbocycles. The van der Waals surface area contributed by atoms with Crippen molar-refractivity contribution in [2.75, 3.05) is 0 Å². The topological polar surface area (TPSA) is 9.23 Å². The zero-order chi connectivity index (χ0) is 15.8. The molecule has 0 bridgehead atoms. The van der Waals surface area contributed by atoms with Crippen LogP contribution in [0.25, 0.3) is 0 Å². The molecule has 1 aromatic carbocycles. The molecule has 21 heavy (non-hydrogen) atoms. The summed E-state index contributed by atoms with van der Waals surface area (Å²) in [5, 5.41) is 0. The molecule has 1 nitrogen and oxygen atoms in total. The van der Waals surface area contributed by atoms with Crippen LogP contribution in [-0.2, 0) is 10.8 Å². The molecule has 0 heterocycles. The Morgan fingerprint density at radius 2 is 1.48 bits per heavy atom. The summed E-state index contributed by atoms with van der Waals surface area (Å²) in [5.74, 6) is 0.602. The Bertz CT molecular complexity index is 456. The van der Waals surface area contributed by atoms with Crippen molar-refractivity contribution in [2.45, 2.75) is 77.6 Å². The van der Waals surface area contributed by atoms with Gasteiger partial charge in [0, 0.05) is 0 Å². The van der Waals surface area contributed by atoms with Crippen molar-refractivity contribution in [1.82, 2.24) is 0 Å². The summed E-state index contributed by atoms with van der Waals surface area (Å²) >= 11 is 0. The minimum absolute atomic E-state index is 0.306. The molecular formula is C19H32OSi. The van der Waals surface area contributed by atoms with E-state index in [2.05, 4.69) is 72.7 Å². The Labute approximate surface area is 132 Å². The summed E-state index contributed by atoms with van der Waals surface area (Å²) < 4.78 is 7.06. The van der Waals surface area contributed by atoms with E-state index in [9.17, 15) is 0 Å². The number of rotatable bonds is 5. The van der Waals surface area contributed by atoms with Gasteiger partial charge in [0.05, 0.1) is 6.10 Å². The van der Waals surface area contributed by atoms with Crippen molar-refractivity contribution in [1.29, 1.82) is 0 Å². The fraction of sp³-hybridized carbons (Fsp3) is 0.684. The van der Waals surface area contributed by atoms with Gasteiger partial charge in [0.15, 0.2) is 0 Å². The van der Waals surface area contributed by atoms with Gasteiger partial charge >= 0.3 is 0 Å². The van der Waals surface area contributed by atoms with Crippen LogP contribution in [0.5, 0.6) is 0 Å². The SMILES string of the molecule is CC(C)[Si](O[C@@H]1c2ccccc2C[C@H]1C)(C(C)C)C(C)C. The smallest absolute Gasteiger partial charge is 0.201 e. The third-order valence-electron chi connectivity index (χ3n) is 5.46. The van der Waals surface area contributed by atoms with Gasteiger partial charge in [0.1, 0.15) is 0 Å². The first kappa shape index (κ1) is 16.8. The molecule has 0 saturated carbocycles. The van der Waals surface area contributed by atoms with E-state index in [-0.39, 0.29) is 0 Å². The lowest BCUT2D eigenvalue weighted by Crippen LogP contribution is -2.49. The van der Waals surface area contributed by atoms with Crippen molar-refractivity contribution in [2.24, 2.45) is 5.92 Å². The number of hydrogen-bond donors (Lipinski definition) is 0. The van der Waals surface area contributed by atoms with Crippen LogP contribution in [0.3, 0.4) is 0 Å². The highest BCUT2D eigenvalue weighted by Crippen LogP contribution is 2.49. The molecule has 0 unspecified atom stereocenters. The van der Waals surface area contributed by atoms with Crippen molar-refractivity contribution < 1.29 is 4.43 Å². The summed E-state index contributed by atoms with van der Waals surface area (Å²) in [5.41, 5.74) is 4.89. The van der Waals surface area contributed by atoms with Crippen LogP contribution in [0, 0.1) is 5.92 Å². The minimum atomic E-state index is -1.80. The molecule has 118 valence electrons. The minimum Gasteiger partial charge on any atom is -0.409 e. The lowest BCUT2D eigenvalue weighted by Gasteiger charge is -2.45. The van der Waals surface area contributed by atoms with E-state index in [1.807, 2.05) is 0 Å². The van der Waals surface area contributed by atoms with Crippen LogP contribution in [-0.4, -0.2) is 8.32 Å². The number of benzene rings is 1. The summed E-state index contributed by atoms with van der Waals surface area (Å²) in [4.78, 5) is 0. The van der Waals surface area contributed by atoms with Gasteiger partial charge in [-0.3, -0.25) is 0 Å². The van der Waals surface area contributed by atoms with Gasteiger partial charge in [0.2, 0.25) is 8.32 Å². The molecule has 1 aliphatic rings. The fourth-order valence-corrected chi connectivity index (χ4v) is 10.2. The Kier molecular flexibility index (Phi) is 4.99. The van der Waals surface area contributed by atoms with Crippen molar-refractivity contribution in [3.8, 4) is 0 Å². The highest BCUT2D eigenvalue weighted by molar-refractivity contribution is 6.77. The van der Waals surface area contributed by atoms with E-state index in [1.54, 1.807) is 0 Å². The highest BCUT2D eigenvalue weighted by Gasteiger charge is 2.48. The lowest BCUT2D eigenvalue weighted by molar-refractivity contribution is 0.134.